The molecule has 0 saturated carbocycles. The van der Waals surface area contributed by atoms with Crippen LogP contribution in [0, 0.1) is 5.82 Å². The fourth-order valence-electron chi connectivity index (χ4n) is 2.65. The predicted molar refractivity (Wildman–Crippen MR) is 70.1 cm³/mol. The van der Waals surface area contributed by atoms with Crippen molar-refractivity contribution in [2.24, 2.45) is 0 Å². The van der Waals surface area contributed by atoms with Crippen LogP contribution in [0.3, 0.4) is 0 Å². The van der Waals surface area contributed by atoms with Gasteiger partial charge in [-0.3, -0.25) is 0 Å². The Bertz CT molecular complexity index is 392. The molecule has 2 nitrogen and oxygen atoms in total. The first-order valence-corrected chi connectivity index (χ1v) is 6.32. The van der Waals surface area contributed by atoms with Crippen LogP contribution in [0.1, 0.15) is 18.9 Å². The molecule has 0 N–H and O–H groups in total. The summed E-state index contributed by atoms with van der Waals surface area (Å²) in [5.41, 5.74) is 1.89. The molecule has 0 bridgehead atoms. The highest BCUT2D eigenvalue weighted by atomic mass is 19.1. The molecule has 1 heterocycles. The summed E-state index contributed by atoms with van der Waals surface area (Å²) in [6, 6.07) is 5.81. The molecule has 1 saturated heterocycles. The minimum Gasteiger partial charge on any atom is -0.368 e. The van der Waals surface area contributed by atoms with Gasteiger partial charge in [0.25, 0.3) is 0 Å². The van der Waals surface area contributed by atoms with E-state index in [4.69, 9.17) is 0 Å². The van der Waals surface area contributed by atoms with Crippen LogP contribution in [0.5, 0.6) is 0 Å². The normalized spacial score (nSPS) is 20.8. The molecule has 1 aromatic carbocycles. The van der Waals surface area contributed by atoms with Crippen LogP contribution in [0.2, 0.25) is 0 Å². The van der Waals surface area contributed by atoms with Gasteiger partial charge in [-0.25, -0.2) is 4.39 Å². The Morgan fingerprint density at radius 3 is 2.82 bits per heavy atom. The van der Waals surface area contributed by atoms with Crippen LogP contribution in [0.4, 0.5) is 10.1 Å². The highest BCUT2D eigenvalue weighted by Gasteiger charge is 2.25. The second kappa shape index (κ2) is 5.05. The fraction of sp³-hybridized carbons (Fsp3) is 0.571. The lowest BCUT2D eigenvalue weighted by molar-refractivity contribution is 0.409. The van der Waals surface area contributed by atoms with E-state index in [1.165, 1.54) is 0 Å². The first-order chi connectivity index (χ1) is 8.13. The molecule has 0 amide bonds. The van der Waals surface area contributed by atoms with Gasteiger partial charge in [0.05, 0.1) is 5.69 Å². The lowest BCUT2D eigenvalue weighted by atomic mass is 10.1. The first kappa shape index (κ1) is 12.4. The highest BCUT2D eigenvalue weighted by molar-refractivity contribution is 5.55. The number of para-hydroxylation sites is 1. The van der Waals surface area contributed by atoms with E-state index in [2.05, 4.69) is 23.8 Å². The molecule has 0 radical (unpaired) electrons. The summed E-state index contributed by atoms with van der Waals surface area (Å²) in [4.78, 5) is 4.42. The number of likely N-dealkylation sites (tertiary alicyclic amines) is 1. The summed E-state index contributed by atoms with van der Waals surface area (Å²) in [7, 11) is 4.14. The van der Waals surface area contributed by atoms with Crippen LogP contribution in [-0.2, 0) is 6.42 Å². The second-order valence-corrected chi connectivity index (χ2v) is 4.92. The largest absolute Gasteiger partial charge is 0.368 e. The number of aryl methyl sites for hydroxylation is 1. The van der Waals surface area contributed by atoms with Crippen LogP contribution in [0.25, 0.3) is 0 Å². The fourth-order valence-corrected chi connectivity index (χ4v) is 2.65. The highest BCUT2D eigenvalue weighted by Crippen LogP contribution is 2.28. The molecule has 0 aromatic heterocycles. The number of benzene rings is 1. The third-order valence-corrected chi connectivity index (χ3v) is 3.72. The summed E-state index contributed by atoms with van der Waals surface area (Å²) in [5, 5.41) is 0. The number of nitrogens with zero attached hydrogens (tertiary/aromatic N) is 2. The SMILES string of the molecule is CCc1cccc(F)c1N(C)C1CCN(C)C1. The molecule has 2 rings (SSSR count). The minimum absolute atomic E-state index is 0.0959. The summed E-state index contributed by atoms with van der Waals surface area (Å²) in [6.45, 7) is 4.20. The van der Waals surface area contributed by atoms with Gasteiger partial charge in [-0.15, -0.1) is 0 Å². The van der Waals surface area contributed by atoms with Crippen molar-refractivity contribution in [3.05, 3.63) is 29.6 Å². The van der Waals surface area contributed by atoms with E-state index < -0.39 is 0 Å². The van der Waals surface area contributed by atoms with Crippen LogP contribution < -0.4 is 4.90 Å². The Balaban J connectivity index is 2.26. The van der Waals surface area contributed by atoms with Gasteiger partial charge in [0.15, 0.2) is 0 Å². The standard InChI is InChI=1S/C14H21FN2/c1-4-11-6-5-7-13(15)14(11)17(3)12-8-9-16(2)10-12/h5-7,12H,4,8-10H2,1-3H3. The van der Waals surface area contributed by atoms with Crippen molar-refractivity contribution in [2.75, 3.05) is 32.1 Å². The molecule has 1 fully saturated rings. The zero-order valence-electron chi connectivity index (χ0n) is 10.9. The molecule has 1 aromatic rings. The Hall–Kier alpha value is -1.09. The maximum Gasteiger partial charge on any atom is 0.146 e. The van der Waals surface area contributed by atoms with Crippen molar-refractivity contribution >= 4 is 5.69 Å². The minimum atomic E-state index is -0.0959. The monoisotopic (exact) mass is 236 g/mol. The molecule has 1 aliphatic heterocycles. The third-order valence-electron chi connectivity index (χ3n) is 3.72. The van der Waals surface area contributed by atoms with Gasteiger partial charge >= 0.3 is 0 Å². The van der Waals surface area contributed by atoms with E-state index in [1.54, 1.807) is 12.1 Å². The smallest absolute Gasteiger partial charge is 0.146 e. The zero-order chi connectivity index (χ0) is 12.4. The number of hydrogen-bond acceptors (Lipinski definition) is 2. The van der Waals surface area contributed by atoms with Crippen molar-refractivity contribution < 1.29 is 4.39 Å². The van der Waals surface area contributed by atoms with Crippen molar-refractivity contribution in [1.29, 1.82) is 0 Å². The lowest BCUT2D eigenvalue weighted by Crippen LogP contribution is -2.35. The summed E-state index contributed by atoms with van der Waals surface area (Å²) in [5.74, 6) is -0.0959. The first-order valence-electron chi connectivity index (χ1n) is 6.32. The summed E-state index contributed by atoms with van der Waals surface area (Å²) >= 11 is 0. The van der Waals surface area contributed by atoms with Gasteiger partial charge in [-0.1, -0.05) is 19.1 Å². The molecular weight excluding hydrogens is 215 g/mol. The van der Waals surface area contributed by atoms with Crippen LogP contribution in [-0.4, -0.2) is 38.1 Å². The van der Waals surface area contributed by atoms with Crippen LogP contribution in [0.15, 0.2) is 18.2 Å². The number of anilines is 1. The molecule has 3 heteroatoms. The van der Waals surface area contributed by atoms with Gasteiger partial charge in [-0.05, 0) is 38.1 Å². The van der Waals surface area contributed by atoms with E-state index >= 15 is 0 Å². The maximum atomic E-state index is 14.0. The van der Waals surface area contributed by atoms with Gasteiger partial charge in [-0.2, -0.15) is 0 Å². The van der Waals surface area contributed by atoms with Crippen molar-refractivity contribution in [3.8, 4) is 0 Å². The quantitative estimate of drug-likeness (QED) is 0.795. The van der Waals surface area contributed by atoms with E-state index in [-0.39, 0.29) is 5.82 Å². The molecule has 1 aliphatic rings. The predicted octanol–water partition coefficient (Wildman–Crippen LogP) is 2.53. The molecule has 17 heavy (non-hydrogen) atoms. The topological polar surface area (TPSA) is 6.48 Å². The summed E-state index contributed by atoms with van der Waals surface area (Å²) < 4.78 is 14.0. The Morgan fingerprint density at radius 2 is 2.24 bits per heavy atom. The molecule has 0 spiro atoms. The zero-order valence-corrected chi connectivity index (χ0v) is 10.9. The van der Waals surface area contributed by atoms with E-state index in [0.29, 0.717) is 6.04 Å². The molecular formula is C14H21FN2. The Labute approximate surface area is 103 Å². The Morgan fingerprint density at radius 1 is 1.47 bits per heavy atom. The van der Waals surface area contributed by atoms with Crippen molar-refractivity contribution in [2.45, 2.75) is 25.8 Å². The number of hydrogen-bond donors (Lipinski definition) is 0. The lowest BCUT2D eigenvalue weighted by Gasteiger charge is -2.29. The van der Waals surface area contributed by atoms with Gasteiger partial charge < -0.3 is 9.80 Å². The molecule has 1 atom stereocenters. The molecule has 94 valence electrons. The van der Waals surface area contributed by atoms with Crippen molar-refractivity contribution in [3.63, 3.8) is 0 Å². The average Bonchev–Trinajstić information content (AvgIpc) is 2.74. The second-order valence-electron chi connectivity index (χ2n) is 4.92. The van der Waals surface area contributed by atoms with Gasteiger partial charge in [0.2, 0.25) is 0 Å². The van der Waals surface area contributed by atoms with E-state index in [9.17, 15) is 4.39 Å². The third kappa shape index (κ3) is 2.44. The van der Waals surface area contributed by atoms with Gasteiger partial charge in [0, 0.05) is 19.6 Å². The van der Waals surface area contributed by atoms with Crippen LogP contribution >= 0.6 is 0 Å². The number of halogens is 1. The molecule has 1 unspecified atom stereocenters. The summed E-state index contributed by atoms with van der Waals surface area (Å²) in [6.07, 6.45) is 1.99. The molecule has 0 aliphatic carbocycles. The maximum absolute atomic E-state index is 14.0. The Kier molecular flexibility index (Phi) is 3.67. The van der Waals surface area contributed by atoms with Gasteiger partial charge in [0.1, 0.15) is 5.82 Å². The van der Waals surface area contributed by atoms with E-state index in [1.807, 2.05) is 13.1 Å². The van der Waals surface area contributed by atoms with E-state index in [0.717, 1.165) is 37.2 Å². The average molecular weight is 236 g/mol. The number of likely N-dealkylation sites (N-methyl/N-ethyl adjacent to an activating group) is 2. The van der Waals surface area contributed by atoms with Crippen molar-refractivity contribution in [1.82, 2.24) is 4.90 Å². The number of rotatable bonds is 3.